The maximum Gasteiger partial charge on any atom is 0.253 e. The molecule has 0 radical (unpaired) electrons. The van der Waals surface area contributed by atoms with Crippen LogP contribution in [0.4, 0.5) is 0 Å². The van der Waals surface area contributed by atoms with Crippen molar-refractivity contribution >= 4 is 5.91 Å². The standard InChI is InChI=1S/C17H17N3O3/c21-17(13-1-2-15-16(9-13)23-11-22-15)20-7-3-12(4-8-20)14-10-18-5-6-19-14/h1-2,5-6,9-10,12H,3-4,7-8,11H2. The number of hydrogen-bond acceptors (Lipinski definition) is 5. The molecule has 0 aliphatic carbocycles. The highest BCUT2D eigenvalue weighted by atomic mass is 16.7. The quantitative estimate of drug-likeness (QED) is 0.851. The molecular weight excluding hydrogens is 294 g/mol. The normalized spacial score (nSPS) is 17.3. The number of benzene rings is 1. The second kappa shape index (κ2) is 5.87. The largest absolute Gasteiger partial charge is 0.454 e. The fraction of sp³-hybridized carbons (Fsp3) is 0.353. The van der Waals surface area contributed by atoms with E-state index in [2.05, 4.69) is 9.97 Å². The van der Waals surface area contributed by atoms with Crippen molar-refractivity contribution in [2.24, 2.45) is 0 Å². The second-order valence-electron chi connectivity index (χ2n) is 5.76. The van der Waals surface area contributed by atoms with Crippen LogP contribution in [-0.2, 0) is 0 Å². The predicted molar refractivity (Wildman–Crippen MR) is 82.5 cm³/mol. The Morgan fingerprint density at radius 3 is 2.74 bits per heavy atom. The van der Waals surface area contributed by atoms with E-state index in [9.17, 15) is 4.79 Å². The first-order valence-corrected chi connectivity index (χ1v) is 7.76. The zero-order valence-corrected chi connectivity index (χ0v) is 12.6. The second-order valence-corrected chi connectivity index (χ2v) is 5.76. The molecule has 2 aliphatic heterocycles. The molecule has 0 bridgehead atoms. The summed E-state index contributed by atoms with van der Waals surface area (Å²) in [7, 11) is 0. The summed E-state index contributed by atoms with van der Waals surface area (Å²) in [5.74, 6) is 1.76. The molecule has 1 fully saturated rings. The fourth-order valence-electron chi connectivity index (χ4n) is 3.11. The number of piperidine rings is 1. The molecule has 1 amide bonds. The van der Waals surface area contributed by atoms with Crippen molar-refractivity contribution in [1.29, 1.82) is 0 Å². The van der Waals surface area contributed by atoms with Crippen LogP contribution in [0.1, 0.15) is 34.8 Å². The summed E-state index contributed by atoms with van der Waals surface area (Å²) in [5.41, 5.74) is 1.66. The molecule has 2 aliphatic rings. The summed E-state index contributed by atoms with van der Waals surface area (Å²) in [5, 5.41) is 0. The number of aromatic nitrogens is 2. The van der Waals surface area contributed by atoms with Gasteiger partial charge < -0.3 is 14.4 Å². The molecule has 0 saturated carbocycles. The van der Waals surface area contributed by atoms with E-state index in [1.165, 1.54) is 0 Å². The third-order valence-electron chi connectivity index (χ3n) is 4.40. The molecule has 1 aromatic carbocycles. The van der Waals surface area contributed by atoms with Gasteiger partial charge in [-0.15, -0.1) is 0 Å². The smallest absolute Gasteiger partial charge is 0.253 e. The lowest BCUT2D eigenvalue weighted by Crippen LogP contribution is -2.38. The van der Waals surface area contributed by atoms with Crippen LogP contribution < -0.4 is 9.47 Å². The summed E-state index contributed by atoms with van der Waals surface area (Å²) < 4.78 is 10.6. The summed E-state index contributed by atoms with van der Waals surface area (Å²) in [6.45, 7) is 1.68. The summed E-state index contributed by atoms with van der Waals surface area (Å²) in [6, 6.07) is 5.35. The maximum atomic E-state index is 12.6. The van der Waals surface area contributed by atoms with Gasteiger partial charge in [0, 0.05) is 43.2 Å². The van der Waals surface area contributed by atoms with Crippen LogP contribution in [0.25, 0.3) is 0 Å². The van der Waals surface area contributed by atoms with Gasteiger partial charge in [0.15, 0.2) is 11.5 Å². The first kappa shape index (κ1) is 14.0. The molecule has 6 nitrogen and oxygen atoms in total. The molecule has 2 aromatic rings. The average molecular weight is 311 g/mol. The van der Waals surface area contributed by atoms with E-state index in [4.69, 9.17) is 9.47 Å². The Balaban J connectivity index is 1.43. The summed E-state index contributed by atoms with van der Waals surface area (Å²) >= 11 is 0. The van der Waals surface area contributed by atoms with E-state index in [0.717, 1.165) is 31.6 Å². The van der Waals surface area contributed by atoms with Crippen molar-refractivity contribution in [1.82, 2.24) is 14.9 Å². The number of carbonyl (C=O) groups is 1. The predicted octanol–water partition coefficient (Wildman–Crippen LogP) is 2.23. The third kappa shape index (κ3) is 2.72. The number of ether oxygens (including phenoxy) is 2. The zero-order valence-electron chi connectivity index (χ0n) is 12.6. The Bertz CT molecular complexity index is 712. The molecule has 1 aromatic heterocycles. The highest BCUT2D eigenvalue weighted by Crippen LogP contribution is 2.33. The Hall–Kier alpha value is -2.63. The number of carbonyl (C=O) groups excluding carboxylic acids is 1. The minimum Gasteiger partial charge on any atom is -0.454 e. The van der Waals surface area contributed by atoms with Crippen LogP contribution in [0, 0.1) is 0 Å². The Morgan fingerprint density at radius 2 is 1.96 bits per heavy atom. The average Bonchev–Trinajstić information content (AvgIpc) is 3.10. The fourth-order valence-corrected chi connectivity index (χ4v) is 3.11. The molecule has 0 unspecified atom stereocenters. The molecule has 0 spiro atoms. The highest BCUT2D eigenvalue weighted by Gasteiger charge is 2.26. The van der Waals surface area contributed by atoms with Crippen LogP contribution in [-0.4, -0.2) is 40.7 Å². The number of hydrogen-bond donors (Lipinski definition) is 0. The van der Waals surface area contributed by atoms with Gasteiger partial charge in [0.25, 0.3) is 5.91 Å². The molecule has 4 rings (SSSR count). The molecular formula is C17H17N3O3. The lowest BCUT2D eigenvalue weighted by Gasteiger charge is -2.31. The third-order valence-corrected chi connectivity index (χ3v) is 4.40. The number of likely N-dealkylation sites (tertiary alicyclic amines) is 1. The Kier molecular flexibility index (Phi) is 3.57. The van der Waals surface area contributed by atoms with Crippen molar-refractivity contribution < 1.29 is 14.3 Å². The van der Waals surface area contributed by atoms with Gasteiger partial charge in [-0.2, -0.15) is 0 Å². The number of nitrogens with zero attached hydrogens (tertiary/aromatic N) is 3. The number of amides is 1. The van der Waals surface area contributed by atoms with Gasteiger partial charge >= 0.3 is 0 Å². The summed E-state index contributed by atoms with van der Waals surface area (Å²) in [6.07, 6.45) is 7.05. The molecule has 0 N–H and O–H groups in total. The van der Waals surface area contributed by atoms with Crippen LogP contribution in [0.15, 0.2) is 36.8 Å². The monoisotopic (exact) mass is 311 g/mol. The maximum absolute atomic E-state index is 12.6. The molecule has 6 heteroatoms. The summed E-state index contributed by atoms with van der Waals surface area (Å²) in [4.78, 5) is 23.0. The lowest BCUT2D eigenvalue weighted by atomic mass is 9.93. The Labute approximate surface area is 134 Å². The Morgan fingerprint density at radius 1 is 1.13 bits per heavy atom. The van der Waals surface area contributed by atoms with Crippen LogP contribution in [0.5, 0.6) is 11.5 Å². The van der Waals surface area contributed by atoms with Gasteiger partial charge in [0.05, 0.1) is 5.69 Å². The van der Waals surface area contributed by atoms with Gasteiger partial charge in [-0.25, -0.2) is 0 Å². The lowest BCUT2D eigenvalue weighted by molar-refractivity contribution is 0.0711. The zero-order chi connectivity index (χ0) is 15.6. The van der Waals surface area contributed by atoms with Crippen LogP contribution in [0.3, 0.4) is 0 Å². The van der Waals surface area contributed by atoms with E-state index in [1.54, 1.807) is 30.6 Å². The number of rotatable bonds is 2. The van der Waals surface area contributed by atoms with E-state index in [-0.39, 0.29) is 12.7 Å². The first-order chi connectivity index (χ1) is 11.3. The van der Waals surface area contributed by atoms with Crippen molar-refractivity contribution in [3.05, 3.63) is 48.0 Å². The van der Waals surface area contributed by atoms with Gasteiger partial charge in [-0.3, -0.25) is 14.8 Å². The van der Waals surface area contributed by atoms with Gasteiger partial charge in [0.1, 0.15) is 0 Å². The number of fused-ring (bicyclic) bond motifs is 1. The van der Waals surface area contributed by atoms with Crippen LogP contribution >= 0.6 is 0 Å². The van der Waals surface area contributed by atoms with E-state index in [1.807, 2.05) is 11.1 Å². The molecule has 23 heavy (non-hydrogen) atoms. The van der Waals surface area contributed by atoms with Gasteiger partial charge in [-0.1, -0.05) is 0 Å². The van der Waals surface area contributed by atoms with Crippen molar-refractivity contribution in [3.63, 3.8) is 0 Å². The van der Waals surface area contributed by atoms with Gasteiger partial charge in [0.2, 0.25) is 6.79 Å². The van der Waals surface area contributed by atoms with E-state index in [0.29, 0.717) is 23.0 Å². The first-order valence-electron chi connectivity index (χ1n) is 7.76. The van der Waals surface area contributed by atoms with Gasteiger partial charge in [-0.05, 0) is 31.0 Å². The SMILES string of the molecule is O=C(c1ccc2c(c1)OCO2)N1CCC(c2cnccn2)CC1. The van der Waals surface area contributed by atoms with E-state index >= 15 is 0 Å². The highest BCUT2D eigenvalue weighted by molar-refractivity contribution is 5.95. The van der Waals surface area contributed by atoms with Crippen molar-refractivity contribution in [2.45, 2.75) is 18.8 Å². The van der Waals surface area contributed by atoms with Crippen molar-refractivity contribution in [3.8, 4) is 11.5 Å². The molecule has 1 saturated heterocycles. The molecule has 118 valence electrons. The molecule has 0 atom stereocenters. The minimum atomic E-state index is 0.0425. The topological polar surface area (TPSA) is 64.6 Å². The van der Waals surface area contributed by atoms with Crippen LogP contribution in [0.2, 0.25) is 0 Å². The molecule has 3 heterocycles. The van der Waals surface area contributed by atoms with E-state index < -0.39 is 0 Å². The van der Waals surface area contributed by atoms with Crippen molar-refractivity contribution in [2.75, 3.05) is 19.9 Å². The minimum absolute atomic E-state index is 0.0425.